The van der Waals surface area contributed by atoms with Crippen molar-refractivity contribution in [1.82, 2.24) is 0 Å². The molecule has 0 spiro atoms. The van der Waals surface area contributed by atoms with E-state index < -0.39 is 5.97 Å². The Bertz CT molecular complexity index is 463. The molecule has 0 fully saturated rings. The summed E-state index contributed by atoms with van der Waals surface area (Å²) in [5.74, 6) is -0.885. The van der Waals surface area contributed by atoms with Crippen molar-refractivity contribution in [1.29, 1.82) is 0 Å². The quantitative estimate of drug-likeness (QED) is 0.552. The molecule has 1 atom stereocenters. The maximum absolute atomic E-state index is 11.2. The average Bonchev–Trinajstić information content (AvgIpc) is 2.37. The van der Waals surface area contributed by atoms with Gasteiger partial charge in [-0.1, -0.05) is 37.8 Å². The number of carboxylic acid groups (broad SMARTS) is 1. The molecular weight excluding hydrogens is 278 g/mol. The second-order valence-corrected chi connectivity index (χ2v) is 5.37. The number of hydrogen-bond acceptors (Lipinski definition) is 3. The first-order valence-corrected chi connectivity index (χ1v) is 7.32. The molecule has 1 unspecified atom stereocenters. The van der Waals surface area contributed by atoms with Crippen molar-refractivity contribution in [2.75, 3.05) is 5.73 Å². The van der Waals surface area contributed by atoms with Gasteiger partial charge in [0.1, 0.15) is 5.56 Å². The van der Waals surface area contributed by atoms with Crippen LogP contribution in [-0.2, 0) is 0 Å². The first-order valence-electron chi connectivity index (χ1n) is 6.94. The van der Waals surface area contributed by atoms with E-state index in [-0.39, 0.29) is 22.4 Å². The Balaban J connectivity index is 2.73. The Labute approximate surface area is 124 Å². The van der Waals surface area contributed by atoms with Gasteiger partial charge in [-0.25, -0.2) is 4.79 Å². The number of carbonyl (C=O) groups is 1. The van der Waals surface area contributed by atoms with Gasteiger partial charge in [-0.15, -0.1) is 0 Å². The summed E-state index contributed by atoms with van der Waals surface area (Å²) in [6.45, 7) is 4.08. The topological polar surface area (TPSA) is 72.5 Å². The molecule has 0 amide bonds. The molecule has 1 aromatic rings. The van der Waals surface area contributed by atoms with Crippen LogP contribution in [0.15, 0.2) is 12.1 Å². The second kappa shape index (κ2) is 8.00. The van der Waals surface area contributed by atoms with Gasteiger partial charge in [0, 0.05) is 5.69 Å². The fourth-order valence-electron chi connectivity index (χ4n) is 2.01. The summed E-state index contributed by atoms with van der Waals surface area (Å²) < 4.78 is 5.70. The Morgan fingerprint density at radius 2 is 2.10 bits per heavy atom. The van der Waals surface area contributed by atoms with E-state index in [1.807, 2.05) is 6.92 Å². The van der Waals surface area contributed by atoms with Crippen LogP contribution in [-0.4, -0.2) is 17.2 Å². The summed E-state index contributed by atoms with van der Waals surface area (Å²) in [7, 11) is 0. The van der Waals surface area contributed by atoms with Gasteiger partial charge in [0.05, 0.1) is 11.1 Å². The number of anilines is 1. The Kier molecular flexibility index (Phi) is 6.65. The van der Waals surface area contributed by atoms with Crippen molar-refractivity contribution < 1.29 is 14.6 Å². The van der Waals surface area contributed by atoms with Crippen molar-refractivity contribution in [3.63, 3.8) is 0 Å². The number of nitrogens with two attached hydrogens (primary N) is 1. The summed E-state index contributed by atoms with van der Waals surface area (Å²) in [6, 6.07) is 2.88. The molecule has 0 aliphatic heterocycles. The summed E-state index contributed by atoms with van der Waals surface area (Å²) in [6.07, 6.45) is 5.40. The number of unbranched alkanes of at least 4 members (excludes halogenated alkanes) is 3. The summed E-state index contributed by atoms with van der Waals surface area (Å²) >= 11 is 6.04. The third-order valence-corrected chi connectivity index (χ3v) is 3.36. The highest BCUT2D eigenvalue weighted by molar-refractivity contribution is 6.33. The van der Waals surface area contributed by atoms with Crippen LogP contribution in [0.4, 0.5) is 5.69 Å². The Morgan fingerprint density at radius 3 is 2.70 bits per heavy atom. The van der Waals surface area contributed by atoms with Gasteiger partial charge < -0.3 is 15.6 Å². The van der Waals surface area contributed by atoms with Gasteiger partial charge in [0.2, 0.25) is 0 Å². The number of carboxylic acids is 1. The monoisotopic (exact) mass is 299 g/mol. The molecule has 1 aromatic carbocycles. The molecule has 0 aromatic heterocycles. The number of ether oxygens (including phenoxy) is 1. The molecule has 0 bridgehead atoms. The molecule has 0 saturated heterocycles. The predicted molar refractivity (Wildman–Crippen MR) is 81.7 cm³/mol. The van der Waals surface area contributed by atoms with Gasteiger partial charge in [-0.05, 0) is 31.9 Å². The third-order valence-electron chi connectivity index (χ3n) is 3.08. The number of nitrogen functional groups attached to an aromatic ring is 1. The molecule has 4 nitrogen and oxygen atoms in total. The minimum atomic E-state index is -1.09. The fraction of sp³-hybridized carbons (Fsp3) is 0.533. The van der Waals surface area contributed by atoms with Crippen molar-refractivity contribution in [2.24, 2.45) is 0 Å². The molecule has 112 valence electrons. The largest absolute Gasteiger partial charge is 0.488 e. The maximum Gasteiger partial charge on any atom is 0.339 e. The summed E-state index contributed by atoms with van der Waals surface area (Å²) in [4.78, 5) is 11.2. The standard InChI is InChI=1S/C15H22ClNO3/c1-3-4-5-6-7-10(2)20-14-12(15(18)19)8-11(17)9-13(14)16/h8-10H,3-7,17H2,1-2H3,(H,18,19). The number of hydrogen-bond donors (Lipinski definition) is 2. The molecule has 3 N–H and O–H groups in total. The van der Waals surface area contributed by atoms with Crippen LogP contribution >= 0.6 is 11.6 Å². The van der Waals surface area contributed by atoms with Crippen LogP contribution in [0, 0.1) is 0 Å². The molecule has 0 aliphatic carbocycles. The lowest BCUT2D eigenvalue weighted by molar-refractivity contribution is 0.0689. The first kappa shape index (κ1) is 16.6. The highest BCUT2D eigenvalue weighted by atomic mass is 35.5. The molecule has 1 rings (SSSR count). The third kappa shape index (κ3) is 4.93. The zero-order valence-electron chi connectivity index (χ0n) is 12.0. The highest BCUT2D eigenvalue weighted by Crippen LogP contribution is 2.33. The van der Waals surface area contributed by atoms with E-state index in [1.54, 1.807) is 0 Å². The average molecular weight is 300 g/mol. The van der Waals surface area contributed by atoms with Gasteiger partial charge in [0.25, 0.3) is 0 Å². The normalized spacial score (nSPS) is 12.2. The van der Waals surface area contributed by atoms with E-state index in [4.69, 9.17) is 22.1 Å². The lowest BCUT2D eigenvalue weighted by Gasteiger charge is -2.18. The molecule has 20 heavy (non-hydrogen) atoms. The van der Waals surface area contributed by atoms with Gasteiger partial charge in [-0.3, -0.25) is 0 Å². The minimum Gasteiger partial charge on any atom is -0.488 e. The van der Waals surface area contributed by atoms with Gasteiger partial charge in [-0.2, -0.15) is 0 Å². The van der Waals surface area contributed by atoms with E-state index in [1.165, 1.54) is 25.0 Å². The first-order chi connectivity index (χ1) is 9.45. The fourth-order valence-corrected chi connectivity index (χ4v) is 2.28. The van der Waals surface area contributed by atoms with Crippen LogP contribution in [0.5, 0.6) is 5.75 Å². The van der Waals surface area contributed by atoms with E-state index in [9.17, 15) is 9.90 Å². The maximum atomic E-state index is 11.2. The number of halogens is 1. The lowest BCUT2D eigenvalue weighted by Crippen LogP contribution is -2.14. The lowest BCUT2D eigenvalue weighted by atomic mass is 10.1. The van der Waals surface area contributed by atoms with Gasteiger partial charge in [0.15, 0.2) is 5.75 Å². The van der Waals surface area contributed by atoms with Crippen LogP contribution in [0.25, 0.3) is 0 Å². The van der Waals surface area contributed by atoms with Gasteiger partial charge >= 0.3 is 5.97 Å². The number of rotatable bonds is 8. The van der Waals surface area contributed by atoms with Crippen LogP contribution in [0.3, 0.4) is 0 Å². The molecule has 5 heteroatoms. The number of aromatic carboxylic acids is 1. The molecule has 0 heterocycles. The van der Waals surface area contributed by atoms with E-state index in [0.717, 1.165) is 19.3 Å². The summed E-state index contributed by atoms with van der Waals surface area (Å²) in [5.41, 5.74) is 5.93. The second-order valence-electron chi connectivity index (χ2n) is 4.96. The SMILES string of the molecule is CCCCCCC(C)Oc1c(Cl)cc(N)cc1C(=O)O. The summed E-state index contributed by atoms with van der Waals surface area (Å²) in [5, 5.41) is 9.42. The Hall–Kier alpha value is -1.42. The zero-order chi connectivity index (χ0) is 15.1. The minimum absolute atomic E-state index is 0.00964. The van der Waals surface area contributed by atoms with E-state index in [2.05, 4.69) is 6.92 Å². The molecule has 0 radical (unpaired) electrons. The van der Waals surface area contributed by atoms with Crippen molar-refractivity contribution in [2.45, 2.75) is 52.1 Å². The Morgan fingerprint density at radius 1 is 1.40 bits per heavy atom. The predicted octanol–water partition coefficient (Wildman–Crippen LogP) is 4.36. The molecule has 0 saturated carbocycles. The molecule has 0 aliphatic rings. The van der Waals surface area contributed by atoms with E-state index in [0.29, 0.717) is 5.69 Å². The van der Waals surface area contributed by atoms with E-state index >= 15 is 0 Å². The number of benzene rings is 1. The van der Waals surface area contributed by atoms with Crippen LogP contribution in [0.1, 0.15) is 56.3 Å². The van der Waals surface area contributed by atoms with Crippen LogP contribution < -0.4 is 10.5 Å². The smallest absolute Gasteiger partial charge is 0.339 e. The van der Waals surface area contributed by atoms with Crippen molar-refractivity contribution in [3.8, 4) is 5.75 Å². The van der Waals surface area contributed by atoms with Crippen molar-refractivity contribution >= 4 is 23.3 Å². The van der Waals surface area contributed by atoms with Crippen molar-refractivity contribution in [3.05, 3.63) is 22.7 Å². The van der Waals surface area contributed by atoms with Crippen LogP contribution in [0.2, 0.25) is 5.02 Å². The highest BCUT2D eigenvalue weighted by Gasteiger charge is 2.18. The molecular formula is C15H22ClNO3. The zero-order valence-corrected chi connectivity index (χ0v) is 12.7.